The smallest absolute Gasteiger partial charge is 0.275 e. The number of carbonyl (C=O) groups excluding carboxylic acids is 1. The second kappa shape index (κ2) is 6.21. The average molecular weight is 360 g/mol. The van der Waals surface area contributed by atoms with Crippen molar-refractivity contribution in [3.05, 3.63) is 57.8 Å². The van der Waals surface area contributed by atoms with Crippen molar-refractivity contribution in [3.8, 4) is 0 Å². The number of rotatable bonds is 3. The Balaban J connectivity index is 2.18. The summed E-state index contributed by atoms with van der Waals surface area (Å²) in [5.74, 6) is -3.84. The number of benzene rings is 1. The highest BCUT2D eigenvalue weighted by Crippen LogP contribution is 2.17. The van der Waals surface area contributed by atoms with Crippen LogP contribution < -0.4 is 5.32 Å². The van der Waals surface area contributed by atoms with Crippen molar-refractivity contribution < 1.29 is 18.0 Å². The Kier molecular flexibility index (Phi) is 4.56. The molecule has 1 amide bonds. The zero-order valence-corrected chi connectivity index (χ0v) is 12.3. The van der Waals surface area contributed by atoms with E-state index in [-0.39, 0.29) is 4.60 Å². The summed E-state index contributed by atoms with van der Waals surface area (Å²) in [7, 11) is 0. The van der Waals surface area contributed by atoms with Crippen LogP contribution in [-0.2, 0) is 0 Å². The number of hydrogen-bond acceptors (Lipinski definition) is 3. The molecule has 0 radical (unpaired) electrons. The first kappa shape index (κ1) is 15.4. The van der Waals surface area contributed by atoms with E-state index in [1.54, 1.807) is 6.92 Å². The number of halogens is 4. The van der Waals surface area contributed by atoms with Gasteiger partial charge in [0.1, 0.15) is 4.60 Å². The van der Waals surface area contributed by atoms with Crippen LogP contribution in [0.1, 0.15) is 29.0 Å². The normalized spacial score (nSPS) is 12.0. The Bertz CT molecular complexity index is 696. The predicted octanol–water partition coefficient (Wildman–Crippen LogP) is 3.15. The molecule has 0 aliphatic heterocycles. The molecule has 0 aliphatic rings. The fraction of sp³-hybridized carbons (Fsp3) is 0.154. The molecule has 1 heterocycles. The minimum atomic E-state index is -1.03. The van der Waals surface area contributed by atoms with Crippen LogP contribution in [0.5, 0.6) is 0 Å². The molecule has 110 valence electrons. The largest absolute Gasteiger partial charge is 0.344 e. The van der Waals surface area contributed by atoms with Crippen LogP contribution in [0, 0.1) is 17.6 Å². The molecule has 0 fully saturated rings. The van der Waals surface area contributed by atoms with Gasteiger partial charge in [-0.05, 0) is 40.5 Å². The molecule has 2 rings (SSSR count). The van der Waals surface area contributed by atoms with E-state index < -0.39 is 35.2 Å². The Morgan fingerprint density at radius 1 is 1.29 bits per heavy atom. The Labute approximate surface area is 126 Å². The lowest BCUT2D eigenvalue weighted by Gasteiger charge is -2.14. The molecule has 1 aromatic carbocycles. The zero-order valence-electron chi connectivity index (χ0n) is 10.7. The first-order valence-electron chi connectivity index (χ1n) is 5.82. The SMILES string of the molecule is CC(NC(=O)c1nc(Br)cnc1F)c1ccc(F)c(F)c1. The van der Waals surface area contributed by atoms with Crippen LogP contribution in [0.3, 0.4) is 0 Å². The summed E-state index contributed by atoms with van der Waals surface area (Å²) < 4.78 is 39.6. The maximum atomic E-state index is 13.4. The lowest BCUT2D eigenvalue weighted by Crippen LogP contribution is -2.28. The molecule has 21 heavy (non-hydrogen) atoms. The van der Waals surface area contributed by atoms with E-state index in [9.17, 15) is 18.0 Å². The van der Waals surface area contributed by atoms with Gasteiger partial charge >= 0.3 is 0 Å². The molecule has 0 aliphatic carbocycles. The Morgan fingerprint density at radius 3 is 2.67 bits per heavy atom. The number of amides is 1. The van der Waals surface area contributed by atoms with E-state index in [4.69, 9.17) is 0 Å². The topological polar surface area (TPSA) is 54.9 Å². The molecule has 1 atom stereocenters. The lowest BCUT2D eigenvalue weighted by atomic mass is 10.1. The highest BCUT2D eigenvalue weighted by Gasteiger charge is 2.19. The van der Waals surface area contributed by atoms with Gasteiger partial charge in [0, 0.05) is 0 Å². The van der Waals surface area contributed by atoms with Crippen molar-refractivity contribution in [2.24, 2.45) is 0 Å². The highest BCUT2D eigenvalue weighted by molar-refractivity contribution is 9.10. The summed E-state index contributed by atoms with van der Waals surface area (Å²) in [6.07, 6.45) is 1.12. The maximum Gasteiger partial charge on any atom is 0.275 e. The number of nitrogens with zero attached hydrogens (tertiary/aromatic N) is 2. The van der Waals surface area contributed by atoms with Crippen molar-refractivity contribution in [3.63, 3.8) is 0 Å². The number of nitrogens with one attached hydrogen (secondary N) is 1. The molecule has 8 heteroatoms. The molecule has 0 bridgehead atoms. The van der Waals surface area contributed by atoms with Crippen LogP contribution in [0.25, 0.3) is 0 Å². The van der Waals surface area contributed by atoms with Gasteiger partial charge in [0.15, 0.2) is 17.3 Å². The van der Waals surface area contributed by atoms with Gasteiger partial charge in [0.05, 0.1) is 12.2 Å². The number of aromatic nitrogens is 2. The number of carbonyl (C=O) groups is 1. The van der Waals surface area contributed by atoms with Crippen LogP contribution in [0.2, 0.25) is 0 Å². The van der Waals surface area contributed by atoms with Crippen molar-refractivity contribution in [1.29, 1.82) is 0 Å². The van der Waals surface area contributed by atoms with Crippen molar-refractivity contribution >= 4 is 21.8 Å². The summed E-state index contributed by atoms with van der Waals surface area (Å²) in [5, 5.41) is 2.44. The van der Waals surface area contributed by atoms with E-state index in [1.807, 2.05) is 0 Å². The summed E-state index contributed by atoms with van der Waals surface area (Å²) in [6, 6.07) is 2.58. The van der Waals surface area contributed by atoms with Gasteiger partial charge in [-0.1, -0.05) is 6.07 Å². The van der Waals surface area contributed by atoms with Gasteiger partial charge in [0.25, 0.3) is 5.91 Å². The lowest BCUT2D eigenvalue weighted by molar-refractivity contribution is 0.0929. The van der Waals surface area contributed by atoms with E-state index in [2.05, 4.69) is 31.2 Å². The third kappa shape index (κ3) is 3.57. The van der Waals surface area contributed by atoms with E-state index in [0.717, 1.165) is 18.3 Å². The molecular weight excluding hydrogens is 351 g/mol. The minimum absolute atomic E-state index is 0.203. The minimum Gasteiger partial charge on any atom is -0.344 e. The summed E-state index contributed by atoms with van der Waals surface area (Å²) in [5.41, 5.74) is -0.149. The standard InChI is InChI=1S/C13H9BrF3N3O/c1-6(7-2-3-8(15)9(16)4-7)19-13(21)11-12(17)18-5-10(14)20-11/h2-6H,1H3,(H,19,21). The van der Waals surface area contributed by atoms with E-state index in [1.165, 1.54) is 6.07 Å². The van der Waals surface area contributed by atoms with Gasteiger partial charge in [-0.15, -0.1) is 0 Å². The van der Waals surface area contributed by atoms with Crippen LogP contribution in [0.15, 0.2) is 29.0 Å². The summed E-state index contributed by atoms with van der Waals surface area (Å²) in [4.78, 5) is 19.0. The monoisotopic (exact) mass is 359 g/mol. The van der Waals surface area contributed by atoms with Gasteiger partial charge in [-0.3, -0.25) is 4.79 Å². The second-order valence-corrected chi connectivity index (χ2v) is 5.01. The maximum absolute atomic E-state index is 13.4. The van der Waals surface area contributed by atoms with Crippen LogP contribution >= 0.6 is 15.9 Å². The van der Waals surface area contributed by atoms with Gasteiger partial charge in [-0.25, -0.2) is 18.7 Å². The molecule has 4 nitrogen and oxygen atoms in total. The Morgan fingerprint density at radius 2 is 2.00 bits per heavy atom. The molecule has 0 saturated heterocycles. The highest BCUT2D eigenvalue weighted by atomic mass is 79.9. The quantitative estimate of drug-likeness (QED) is 0.915. The summed E-state index contributed by atoms with van der Waals surface area (Å²) >= 11 is 2.98. The molecule has 1 N–H and O–H groups in total. The first-order valence-corrected chi connectivity index (χ1v) is 6.61. The number of hydrogen-bond donors (Lipinski definition) is 1. The molecule has 0 saturated carbocycles. The molecule has 1 unspecified atom stereocenters. The summed E-state index contributed by atoms with van der Waals surface area (Å²) in [6.45, 7) is 1.55. The fourth-order valence-corrected chi connectivity index (χ4v) is 1.91. The fourth-order valence-electron chi connectivity index (χ4n) is 1.63. The van der Waals surface area contributed by atoms with Crippen LogP contribution in [0.4, 0.5) is 13.2 Å². The van der Waals surface area contributed by atoms with Gasteiger partial charge < -0.3 is 5.32 Å². The van der Waals surface area contributed by atoms with E-state index in [0.29, 0.717) is 5.56 Å². The molecule has 0 spiro atoms. The zero-order chi connectivity index (χ0) is 15.6. The van der Waals surface area contributed by atoms with Crippen molar-refractivity contribution in [2.45, 2.75) is 13.0 Å². The van der Waals surface area contributed by atoms with Crippen molar-refractivity contribution in [1.82, 2.24) is 15.3 Å². The molecular formula is C13H9BrF3N3O. The van der Waals surface area contributed by atoms with Crippen LogP contribution in [-0.4, -0.2) is 15.9 Å². The second-order valence-electron chi connectivity index (χ2n) is 4.20. The van der Waals surface area contributed by atoms with Gasteiger partial charge in [0.2, 0.25) is 5.95 Å². The van der Waals surface area contributed by atoms with Gasteiger partial charge in [-0.2, -0.15) is 4.39 Å². The average Bonchev–Trinajstić information content (AvgIpc) is 2.44. The first-order chi connectivity index (χ1) is 9.88. The molecule has 2 aromatic rings. The van der Waals surface area contributed by atoms with Crippen molar-refractivity contribution in [2.75, 3.05) is 0 Å². The molecule has 1 aromatic heterocycles. The third-order valence-corrected chi connectivity index (χ3v) is 3.09. The third-order valence-electron chi connectivity index (χ3n) is 2.70. The van der Waals surface area contributed by atoms with E-state index >= 15 is 0 Å². The Hall–Kier alpha value is -1.96. The predicted molar refractivity (Wildman–Crippen MR) is 71.9 cm³/mol.